The van der Waals surface area contributed by atoms with Crippen molar-refractivity contribution in [2.75, 3.05) is 7.11 Å². The molecule has 78 valence electrons. The third-order valence-electron chi connectivity index (χ3n) is 2.11. The van der Waals surface area contributed by atoms with Gasteiger partial charge in [-0.2, -0.15) is 0 Å². The minimum Gasteiger partial charge on any atom is -0.496 e. The molecular formula is C11H15FO2. The second-order valence-corrected chi connectivity index (χ2v) is 3.31. The zero-order chi connectivity index (χ0) is 10.6. The van der Waals surface area contributed by atoms with E-state index >= 15 is 0 Å². The highest BCUT2D eigenvalue weighted by molar-refractivity contribution is 5.34. The van der Waals surface area contributed by atoms with Gasteiger partial charge in [0.25, 0.3) is 0 Å². The molecule has 0 heterocycles. The first-order valence-corrected chi connectivity index (χ1v) is 4.64. The first kappa shape index (κ1) is 11.0. The molecule has 0 spiro atoms. The summed E-state index contributed by atoms with van der Waals surface area (Å²) in [6, 6.07) is 4.74. The van der Waals surface area contributed by atoms with E-state index in [4.69, 9.17) is 9.84 Å². The average molecular weight is 198 g/mol. The van der Waals surface area contributed by atoms with E-state index < -0.39 is 6.10 Å². The molecule has 1 rings (SSSR count). The summed E-state index contributed by atoms with van der Waals surface area (Å²) in [7, 11) is 1.51. The van der Waals surface area contributed by atoms with E-state index in [0.717, 1.165) is 0 Å². The first-order valence-electron chi connectivity index (χ1n) is 4.64. The number of hydrogen-bond acceptors (Lipinski definition) is 2. The van der Waals surface area contributed by atoms with E-state index in [1.54, 1.807) is 19.1 Å². The van der Waals surface area contributed by atoms with Gasteiger partial charge < -0.3 is 9.84 Å². The lowest BCUT2D eigenvalue weighted by atomic mass is 10.1. The summed E-state index contributed by atoms with van der Waals surface area (Å²) in [6.45, 7) is 1.69. The van der Waals surface area contributed by atoms with Gasteiger partial charge in [-0.1, -0.05) is 6.07 Å². The predicted octanol–water partition coefficient (Wildman–Crippen LogP) is 2.15. The molecule has 0 radical (unpaired) electrons. The van der Waals surface area contributed by atoms with Gasteiger partial charge in [-0.3, -0.25) is 0 Å². The van der Waals surface area contributed by atoms with Crippen molar-refractivity contribution in [3.63, 3.8) is 0 Å². The van der Waals surface area contributed by atoms with Gasteiger partial charge in [-0.05, 0) is 31.9 Å². The molecule has 1 atom stereocenters. The smallest absolute Gasteiger partial charge is 0.130 e. The molecule has 0 amide bonds. The fraction of sp³-hybridized carbons (Fsp3) is 0.455. The normalized spacial score (nSPS) is 12.6. The Labute approximate surface area is 83.3 Å². The fourth-order valence-electron chi connectivity index (χ4n) is 1.33. The Kier molecular flexibility index (Phi) is 3.89. The predicted molar refractivity (Wildman–Crippen MR) is 53.0 cm³/mol. The van der Waals surface area contributed by atoms with E-state index in [2.05, 4.69) is 0 Å². The molecule has 2 nitrogen and oxygen atoms in total. The Hall–Kier alpha value is -1.09. The van der Waals surface area contributed by atoms with Crippen molar-refractivity contribution in [3.05, 3.63) is 29.6 Å². The highest BCUT2D eigenvalue weighted by atomic mass is 19.1. The van der Waals surface area contributed by atoms with Crippen molar-refractivity contribution in [3.8, 4) is 5.75 Å². The van der Waals surface area contributed by atoms with Gasteiger partial charge in [-0.15, -0.1) is 0 Å². The summed E-state index contributed by atoms with van der Waals surface area (Å²) in [5.41, 5.74) is 0.538. The summed E-state index contributed by atoms with van der Waals surface area (Å²) >= 11 is 0. The number of ether oxygens (including phenoxy) is 1. The number of rotatable bonds is 4. The highest BCUT2D eigenvalue weighted by Crippen LogP contribution is 2.22. The SMILES string of the molecule is COc1cccc(F)c1CCC(C)O. The lowest BCUT2D eigenvalue weighted by molar-refractivity contribution is 0.184. The molecule has 1 N–H and O–H groups in total. The summed E-state index contributed by atoms with van der Waals surface area (Å²) < 4.78 is 18.4. The second kappa shape index (κ2) is 4.96. The summed E-state index contributed by atoms with van der Waals surface area (Å²) in [5.74, 6) is 0.274. The largest absolute Gasteiger partial charge is 0.496 e. The van der Waals surface area contributed by atoms with Crippen LogP contribution in [-0.2, 0) is 6.42 Å². The monoisotopic (exact) mass is 198 g/mol. The number of aliphatic hydroxyl groups is 1. The summed E-state index contributed by atoms with van der Waals surface area (Å²) in [4.78, 5) is 0. The number of benzene rings is 1. The van der Waals surface area contributed by atoms with Crippen molar-refractivity contribution in [1.29, 1.82) is 0 Å². The molecule has 1 unspecified atom stereocenters. The number of methoxy groups -OCH3 is 1. The molecule has 0 aliphatic rings. The topological polar surface area (TPSA) is 29.5 Å². The maximum atomic E-state index is 13.3. The molecule has 0 aliphatic heterocycles. The zero-order valence-corrected chi connectivity index (χ0v) is 8.46. The number of halogens is 1. The van der Waals surface area contributed by atoms with Crippen LogP contribution in [0.25, 0.3) is 0 Å². The minimum absolute atomic E-state index is 0.273. The maximum Gasteiger partial charge on any atom is 0.130 e. The van der Waals surface area contributed by atoms with Gasteiger partial charge in [0.05, 0.1) is 13.2 Å². The number of aliphatic hydroxyl groups excluding tert-OH is 1. The lowest BCUT2D eigenvalue weighted by Gasteiger charge is -2.10. The zero-order valence-electron chi connectivity index (χ0n) is 8.46. The minimum atomic E-state index is -0.417. The quantitative estimate of drug-likeness (QED) is 0.803. The van der Waals surface area contributed by atoms with Crippen LogP contribution in [-0.4, -0.2) is 18.3 Å². The maximum absolute atomic E-state index is 13.3. The Bertz CT molecular complexity index is 297. The Morgan fingerprint density at radius 3 is 2.79 bits per heavy atom. The van der Waals surface area contributed by atoms with Crippen LogP contribution in [0.2, 0.25) is 0 Å². The van der Waals surface area contributed by atoms with Gasteiger partial charge in [0.15, 0.2) is 0 Å². The molecule has 0 aliphatic carbocycles. The van der Waals surface area contributed by atoms with Gasteiger partial charge in [0, 0.05) is 5.56 Å². The molecule has 1 aromatic rings. The first-order chi connectivity index (χ1) is 6.65. The van der Waals surface area contributed by atoms with Crippen LogP contribution in [0.4, 0.5) is 4.39 Å². The molecule has 0 saturated heterocycles. The Morgan fingerprint density at radius 2 is 2.21 bits per heavy atom. The van der Waals surface area contributed by atoms with Crippen molar-refractivity contribution in [2.45, 2.75) is 25.9 Å². The third-order valence-corrected chi connectivity index (χ3v) is 2.11. The summed E-state index contributed by atoms with van der Waals surface area (Å²) in [5, 5.41) is 9.10. The van der Waals surface area contributed by atoms with Crippen LogP contribution in [0.15, 0.2) is 18.2 Å². The molecular weight excluding hydrogens is 183 g/mol. The molecule has 0 aromatic heterocycles. The van der Waals surface area contributed by atoms with Gasteiger partial charge in [0.1, 0.15) is 11.6 Å². The summed E-state index contributed by atoms with van der Waals surface area (Å²) in [6.07, 6.45) is 0.615. The highest BCUT2D eigenvalue weighted by Gasteiger charge is 2.09. The lowest BCUT2D eigenvalue weighted by Crippen LogP contribution is -2.04. The van der Waals surface area contributed by atoms with Crippen LogP contribution in [0.3, 0.4) is 0 Å². The van der Waals surface area contributed by atoms with Crippen molar-refractivity contribution < 1.29 is 14.2 Å². The standard InChI is InChI=1S/C11H15FO2/c1-8(13)6-7-9-10(12)4-3-5-11(9)14-2/h3-5,8,13H,6-7H2,1-2H3. The molecule has 0 fully saturated rings. The average Bonchev–Trinajstić information content (AvgIpc) is 2.15. The van der Waals surface area contributed by atoms with E-state index in [-0.39, 0.29) is 5.82 Å². The van der Waals surface area contributed by atoms with Gasteiger partial charge in [0.2, 0.25) is 0 Å². The van der Waals surface area contributed by atoms with Gasteiger partial charge >= 0.3 is 0 Å². The molecule has 0 saturated carbocycles. The van der Waals surface area contributed by atoms with Crippen LogP contribution in [0.1, 0.15) is 18.9 Å². The Morgan fingerprint density at radius 1 is 1.50 bits per heavy atom. The molecule has 3 heteroatoms. The van der Waals surface area contributed by atoms with Crippen molar-refractivity contribution in [2.24, 2.45) is 0 Å². The van der Waals surface area contributed by atoms with Crippen LogP contribution < -0.4 is 4.74 Å². The van der Waals surface area contributed by atoms with E-state index in [9.17, 15) is 4.39 Å². The molecule has 0 bridgehead atoms. The van der Waals surface area contributed by atoms with Crippen LogP contribution in [0, 0.1) is 5.82 Å². The van der Waals surface area contributed by atoms with Crippen LogP contribution >= 0.6 is 0 Å². The fourth-order valence-corrected chi connectivity index (χ4v) is 1.33. The van der Waals surface area contributed by atoms with E-state index in [1.807, 2.05) is 0 Å². The van der Waals surface area contributed by atoms with E-state index in [1.165, 1.54) is 13.2 Å². The van der Waals surface area contributed by atoms with Crippen molar-refractivity contribution in [1.82, 2.24) is 0 Å². The molecule has 1 aromatic carbocycles. The number of hydrogen-bond donors (Lipinski definition) is 1. The van der Waals surface area contributed by atoms with Crippen LogP contribution in [0.5, 0.6) is 5.75 Å². The third kappa shape index (κ3) is 2.70. The van der Waals surface area contributed by atoms with E-state index in [0.29, 0.717) is 24.2 Å². The van der Waals surface area contributed by atoms with Gasteiger partial charge in [-0.25, -0.2) is 4.39 Å². The second-order valence-electron chi connectivity index (χ2n) is 3.31. The molecule has 14 heavy (non-hydrogen) atoms. The Balaban J connectivity index is 2.82. The van der Waals surface area contributed by atoms with Crippen molar-refractivity contribution >= 4 is 0 Å².